The summed E-state index contributed by atoms with van der Waals surface area (Å²) in [5, 5.41) is 0. The van der Waals surface area contributed by atoms with Crippen molar-refractivity contribution < 1.29 is 9.13 Å². The topological polar surface area (TPSA) is 22.1 Å². The molecule has 88 valence electrons. The van der Waals surface area contributed by atoms with E-state index in [2.05, 4.69) is 36.8 Å². The van der Waals surface area contributed by atoms with Crippen molar-refractivity contribution in [1.82, 2.24) is 4.98 Å². The molecule has 0 aliphatic rings. The van der Waals surface area contributed by atoms with Gasteiger partial charge in [-0.3, -0.25) is 0 Å². The van der Waals surface area contributed by atoms with Crippen LogP contribution in [0.5, 0.6) is 11.6 Å². The third-order valence-electron chi connectivity index (χ3n) is 2.16. The fourth-order valence-electron chi connectivity index (χ4n) is 1.24. The molecule has 0 bridgehead atoms. The fourth-order valence-corrected chi connectivity index (χ4v) is 1.91. The highest BCUT2D eigenvalue weighted by atomic mass is 79.9. The number of aryl methyl sites for hydroxylation is 1. The quantitative estimate of drug-likeness (QED) is 0.763. The molecule has 1 aromatic carbocycles. The molecule has 1 aromatic heterocycles. The van der Waals surface area contributed by atoms with Gasteiger partial charge in [-0.1, -0.05) is 0 Å². The van der Waals surface area contributed by atoms with E-state index in [1.54, 1.807) is 18.3 Å². The molecule has 5 heteroatoms. The van der Waals surface area contributed by atoms with Crippen molar-refractivity contribution in [1.29, 1.82) is 0 Å². The second-order valence-electron chi connectivity index (χ2n) is 3.42. The number of rotatable bonds is 2. The third-order valence-corrected chi connectivity index (χ3v) is 3.73. The molecule has 2 rings (SSSR count). The molecule has 0 amide bonds. The molecule has 2 nitrogen and oxygen atoms in total. The summed E-state index contributed by atoms with van der Waals surface area (Å²) in [5.74, 6) is 0.661. The molecule has 17 heavy (non-hydrogen) atoms. The van der Waals surface area contributed by atoms with Crippen molar-refractivity contribution >= 4 is 31.9 Å². The second-order valence-corrected chi connectivity index (χ2v) is 5.07. The van der Waals surface area contributed by atoms with E-state index in [1.807, 2.05) is 13.0 Å². The molecule has 0 saturated heterocycles. The van der Waals surface area contributed by atoms with Gasteiger partial charge in [0.1, 0.15) is 11.6 Å². The van der Waals surface area contributed by atoms with E-state index in [-0.39, 0.29) is 5.82 Å². The fraction of sp³-hybridized carbons (Fsp3) is 0.0833. The maximum atomic E-state index is 13.1. The Balaban J connectivity index is 2.31. The Morgan fingerprint density at radius 2 is 2.00 bits per heavy atom. The minimum atomic E-state index is -0.325. The number of halogens is 3. The van der Waals surface area contributed by atoms with Gasteiger partial charge in [-0.2, -0.15) is 0 Å². The Hall–Kier alpha value is -0.940. The molecular weight excluding hydrogens is 353 g/mol. The van der Waals surface area contributed by atoms with Crippen molar-refractivity contribution in [2.75, 3.05) is 0 Å². The second kappa shape index (κ2) is 5.14. The van der Waals surface area contributed by atoms with Gasteiger partial charge in [0, 0.05) is 6.20 Å². The first-order valence-corrected chi connectivity index (χ1v) is 6.40. The van der Waals surface area contributed by atoms with Crippen LogP contribution in [0.3, 0.4) is 0 Å². The summed E-state index contributed by atoms with van der Waals surface area (Å²) in [6.07, 6.45) is 1.66. The van der Waals surface area contributed by atoms with Gasteiger partial charge in [-0.25, -0.2) is 9.37 Å². The minimum Gasteiger partial charge on any atom is -0.438 e. The van der Waals surface area contributed by atoms with Crippen LogP contribution in [0.4, 0.5) is 4.39 Å². The molecule has 2 aromatic rings. The Morgan fingerprint density at radius 1 is 1.24 bits per heavy atom. The summed E-state index contributed by atoms with van der Waals surface area (Å²) in [4.78, 5) is 4.11. The average Bonchev–Trinajstić information content (AvgIpc) is 2.30. The molecule has 0 unspecified atom stereocenters. The zero-order valence-electron chi connectivity index (χ0n) is 8.88. The number of aromatic nitrogens is 1. The lowest BCUT2D eigenvalue weighted by Gasteiger charge is -2.08. The maximum absolute atomic E-state index is 13.1. The van der Waals surface area contributed by atoms with Crippen LogP contribution < -0.4 is 4.74 Å². The maximum Gasteiger partial charge on any atom is 0.233 e. The Morgan fingerprint density at radius 3 is 2.71 bits per heavy atom. The highest BCUT2D eigenvalue weighted by Gasteiger charge is 2.08. The summed E-state index contributed by atoms with van der Waals surface area (Å²) in [6, 6.07) is 6.32. The van der Waals surface area contributed by atoms with Crippen molar-refractivity contribution in [3.05, 3.63) is 50.8 Å². The molecule has 0 radical (unpaired) electrons. The van der Waals surface area contributed by atoms with E-state index in [9.17, 15) is 4.39 Å². The van der Waals surface area contributed by atoms with Crippen LogP contribution in [-0.2, 0) is 0 Å². The van der Waals surface area contributed by atoms with Gasteiger partial charge in [0.05, 0.1) is 8.95 Å². The lowest BCUT2D eigenvalue weighted by molar-refractivity contribution is 0.457. The number of ether oxygens (including phenoxy) is 1. The van der Waals surface area contributed by atoms with Crippen LogP contribution in [0.25, 0.3) is 0 Å². The lowest BCUT2D eigenvalue weighted by atomic mass is 10.3. The zero-order chi connectivity index (χ0) is 12.4. The summed E-state index contributed by atoms with van der Waals surface area (Å²) in [6.45, 7) is 1.94. The lowest BCUT2D eigenvalue weighted by Crippen LogP contribution is -1.91. The summed E-state index contributed by atoms with van der Waals surface area (Å²) in [5.41, 5.74) is 1.02. The van der Waals surface area contributed by atoms with Gasteiger partial charge in [0.2, 0.25) is 5.88 Å². The van der Waals surface area contributed by atoms with Crippen LogP contribution >= 0.6 is 31.9 Å². The van der Waals surface area contributed by atoms with E-state index >= 15 is 0 Å². The summed E-state index contributed by atoms with van der Waals surface area (Å²) in [7, 11) is 0. The van der Waals surface area contributed by atoms with Gasteiger partial charge in [0.25, 0.3) is 0 Å². The molecule has 0 fully saturated rings. The van der Waals surface area contributed by atoms with Crippen LogP contribution in [-0.4, -0.2) is 4.98 Å². The van der Waals surface area contributed by atoms with Crippen LogP contribution in [0.15, 0.2) is 39.4 Å². The average molecular weight is 361 g/mol. The number of pyridine rings is 1. The standard InChI is InChI=1S/C12H8Br2FNO/c1-7-4-5-16-12(11(7)14)17-8-2-3-10(15)9(13)6-8/h2-6H,1H3. The van der Waals surface area contributed by atoms with Crippen molar-refractivity contribution in [3.8, 4) is 11.6 Å². The number of hydrogen-bond acceptors (Lipinski definition) is 2. The van der Waals surface area contributed by atoms with Crippen LogP contribution in [0.1, 0.15) is 5.56 Å². The van der Waals surface area contributed by atoms with Crippen molar-refractivity contribution in [2.24, 2.45) is 0 Å². The number of benzene rings is 1. The highest BCUT2D eigenvalue weighted by molar-refractivity contribution is 9.10. The smallest absolute Gasteiger partial charge is 0.233 e. The third kappa shape index (κ3) is 2.84. The Bertz CT molecular complexity index is 560. The molecular formula is C12H8Br2FNO. The first kappa shape index (κ1) is 12.5. The predicted octanol–water partition coefficient (Wildman–Crippen LogP) is 4.85. The Labute approximate surface area is 115 Å². The van der Waals surface area contributed by atoms with Gasteiger partial charge in [-0.05, 0) is 68.6 Å². The molecule has 0 N–H and O–H groups in total. The van der Waals surface area contributed by atoms with Crippen molar-refractivity contribution in [2.45, 2.75) is 6.92 Å². The van der Waals surface area contributed by atoms with E-state index in [4.69, 9.17) is 4.74 Å². The molecule has 0 saturated carbocycles. The van der Waals surface area contributed by atoms with Gasteiger partial charge < -0.3 is 4.74 Å². The molecule has 0 spiro atoms. The summed E-state index contributed by atoms with van der Waals surface area (Å²) >= 11 is 6.50. The van der Waals surface area contributed by atoms with Crippen molar-refractivity contribution in [3.63, 3.8) is 0 Å². The van der Waals surface area contributed by atoms with Gasteiger partial charge in [0.15, 0.2) is 0 Å². The first-order chi connectivity index (χ1) is 8.08. The first-order valence-electron chi connectivity index (χ1n) is 4.82. The molecule has 0 atom stereocenters. The SMILES string of the molecule is Cc1ccnc(Oc2ccc(F)c(Br)c2)c1Br. The van der Waals surface area contributed by atoms with Crippen LogP contribution in [0.2, 0.25) is 0 Å². The summed E-state index contributed by atoms with van der Waals surface area (Å²) < 4.78 is 19.8. The molecule has 0 aliphatic heterocycles. The van der Waals surface area contributed by atoms with E-state index in [0.29, 0.717) is 16.1 Å². The number of nitrogens with zero attached hydrogens (tertiary/aromatic N) is 1. The van der Waals surface area contributed by atoms with Crippen LogP contribution in [0, 0.1) is 12.7 Å². The van der Waals surface area contributed by atoms with Gasteiger partial charge >= 0.3 is 0 Å². The number of hydrogen-bond donors (Lipinski definition) is 0. The molecule has 1 heterocycles. The Kier molecular flexibility index (Phi) is 3.79. The van der Waals surface area contributed by atoms with E-state index in [1.165, 1.54) is 6.07 Å². The van der Waals surface area contributed by atoms with Gasteiger partial charge in [-0.15, -0.1) is 0 Å². The van der Waals surface area contributed by atoms with E-state index < -0.39 is 0 Å². The minimum absolute atomic E-state index is 0.325. The largest absolute Gasteiger partial charge is 0.438 e. The normalized spacial score (nSPS) is 10.4. The predicted molar refractivity (Wildman–Crippen MR) is 70.8 cm³/mol. The highest BCUT2D eigenvalue weighted by Crippen LogP contribution is 2.31. The van der Waals surface area contributed by atoms with E-state index in [0.717, 1.165) is 10.0 Å². The molecule has 0 aliphatic carbocycles. The zero-order valence-corrected chi connectivity index (χ0v) is 12.0. The monoisotopic (exact) mass is 359 g/mol.